The summed E-state index contributed by atoms with van der Waals surface area (Å²) in [6.45, 7) is 8.98. The van der Waals surface area contributed by atoms with Crippen molar-refractivity contribution in [2.24, 2.45) is 28.1 Å². The highest BCUT2D eigenvalue weighted by Crippen LogP contribution is 2.69. The van der Waals surface area contributed by atoms with Crippen LogP contribution < -0.4 is 0 Å². The molecule has 2 aliphatic heterocycles. The molecule has 7 atom stereocenters. The Hall–Kier alpha value is -2.62. The molecular weight excluding hydrogens is 552 g/mol. The number of ether oxygens (including phenoxy) is 2. The molecule has 2 bridgehead atoms. The Kier molecular flexibility index (Phi) is 9.69. The third kappa shape index (κ3) is 6.24. The average molecular weight is 605 g/mol. The first-order valence-electron chi connectivity index (χ1n) is 16.9. The molecule has 2 N–H and O–H groups in total. The van der Waals surface area contributed by atoms with Gasteiger partial charge in [-0.15, -0.1) is 5.92 Å². The van der Waals surface area contributed by atoms with Crippen LogP contribution in [0.25, 0.3) is 0 Å². The van der Waals surface area contributed by atoms with Crippen LogP contribution in [0.15, 0.2) is 42.0 Å². The number of hydrogen-bond donors (Lipinski definition) is 2. The van der Waals surface area contributed by atoms with E-state index in [1.807, 2.05) is 6.92 Å². The van der Waals surface area contributed by atoms with Crippen molar-refractivity contribution in [1.29, 1.82) is 0 Å². The summed E-state index contributed by atoms with van der Waals surface area (Å²) in [5, 5.41) is 25.6. The van der Waals surface area contributed by atoms with E-state index in [1.165, 1.54) is 11.6 Å². The summed E-state index contributed by atoms with van der Waals surface area (Å²) in [4.78, 5) is 24.9. The number of aliphatic hydroxyl groups is 2. The van der Waals surface area contributed by atoms with Crippen molar-refractivity contribution >= 4 is 11.9 Å². The molecule has 2 fully saturated rings. The minimum Gasteiger partial charge on any atom is -0.462 e. The molecular formula is C38H52O6. The molecule has 0 aromatic heterocycles. The minimum atomic E-state index is -1.37. The lowest BCUT2D eigenvalue weighted by Gasteiger charge is -2.69. The van der Waals surface area contributed by atoms with E-state index >= 15 is 0 Å². The second kappa shape index (κ2) is 13.0. The fourth-order valence-corrected chi connectivity index (χ4v) is 9.43. The molecule has 0 amide bonds. The smallest absolute Gasteiger partial charge is 0.331 e. The SMILES string of the molecule is C[C@H](CCCc1ccccc1)CCC[C@]12C([C@@H]3C[C@](C)(C#CCCC(=O)O3)[C@]1(O)CCC1=CC(=O)OC1)C(C)(C)CC[C@H]2O. The summed E-state index contributed by atoms with van der Waals surface area (Å²) >= 11 is 0. The Labute approximate surface area is 264 Å². The lowest BCUT2D eigenvalue weighted by atomic mass is 9.37. The molecule has 1 aromatic carbocycles. The maximum absolute atomic E-state index is 13.4. The topological polar surface area (TPSA) is 93.1 Å². The Balaban J connectivity index is 1.47. The fourth-order valence-electron chi connectivity index (χ4n) is 9.43. The first-order chi connectivity index (χ1) is 20.9. The molecule has 1 aromatic rings. The van der Waals surface area contributed by atoms with Crippen molar-refractivity contribution in [3.8, 4) is 11.8 Å². The number of hydrogen-bond acceptors (Lipinski definition) is 6. The Morgan fingerprint density at radius 3 is 2.52 bits per heavy atom. The normalized spacial score (nSPS) is 35.0. The van der Waals surface area contributed by atoms with Gasteiger partial charge in [-0.1, -0.05) is 76.3 Å². The van der Waals surface area contributed by atoms with Crippen LogP contribution in [0.5, 0.6) is 0 Å². The zero-order chi connectivity index (χ0) is 31.6. The van der Waals surface area contributed by atoms with E-state index in [2.05, 4.69) is 62.9 Å². The average Bonchev–Trinajstić information content (AvgIpc) is 3.42. The van der Waals surface area contributed by atoms with Crippen LogP contribution in [-0.2, 0) is 25.5 Å². The predicted octanol–water partition coefficient (Wildman–Crippen LogP) is 6.71. The van der Waals surface area contributed by atoms with Gasteiger partial charge in [0.1, 0.15) is 12.7 Å². The summed E-state index contributed by atoms with van der Waals surface area (Å²) in [6, 6.07) is 10.6. The summed E-state index contributed by atoms with van der Waals surface area (Å²) in [5.74, 6) is 6.35. The van der Waals surface area contributed by atoms with Crippen LogP contribution >= 0.6 is 0 Å². The molecule has 2 saturated carbocycles. The van der Waals surface area contributed by atoms with Crippen LogP contribution in [0.4, 0.5) is 0 Å². The van der Waals surface area contributed by atoms with Gasteiger partial charge in [0.25, 0.3) is 0 Å². The van der Waals surface area contributed by atoms with E-state index < -0.39 is 28.6 Å². The standard InChI is InChI=1S/C38H52O6/c1-27(12-10-16-28-14-6-5-7-15-28)13-11-21-37-31(39)19-22-35(2,3)34(37)30-25-36(4,20-9-8-17-32(40)44-30)38(37,42)23-18-29-24-33(41)43-26-29/h5-7,14-15,24,27,30-31,34,39,42H,8,10-13,16-19,21-23,25-26H2,1-4H3/t27-,30+,31-,34?,36+,37+,38-/m1/s1. The summed E-state index contributed by atoms with van der Waals surface area (Å²) in [7, 11) is 0. The van der Waals surface area contributed by atoms with Gasteiger partial charge >= 0.3 is 11.9 Å². The molecule has 2 aliphatic carbocycles. The zero-order valence-corrected chi connectivity index (χ0v) is 27.2. The van der Waals surface area contributed by atoms with Gasteiger partial charge < -0.3 is 19.7 Å². The highest BCUT2D eigenvalue weighted by molar-refractivity contribution is 5.85. The number of cyclic esters (lactones) is 1. The Morgan fingerprint density at radius 2 is 1.80 bits per heavy atom. The number of rotatable bonds is 11. The molecule has 2 heterocycles. The molecule has 1 unspecified atom stereocenters. The third-order valence-electron chi connectivity index (χ3n) is 11.6. The first-order valence-corrected chi connectivity index (χ1v) is 16.9. The number of carbonyl (C=O) groups is 2. The van der Waals surface area contributed by atoms with E-state index in [0.29, 0.717) is 44.4 Å². The fraction of sp³-hybridized carbons (Fsp3) is 0.684. The second-order valence-electron chi connectivity index (χ2n) is 15.1. The Morgan fingerprint density at radius 1 is 1.05 bits per heavy atom. The summed E-state index contributed by atoms with van der Waals surface area (Å²) < 4.78 is 11.5. The predicted molar refractivity (Wildman–Crippen MR) is 170 cm³/mol. The molecule has 6 heteroatoms. The number of esters is 2. The van der Waals surface area contributed by atoms with Crippen LogP contribution in [0.1, 0.15) is 110 Å². The van der Waals surface area contributed by atoms with Gasteiger partial charge in [-0.3, -0.25) is 4.79 Å². The van der Waals surface area contributed by atoms with E-state index in [1.54, 1.807) is 0 Å². The monoisotopic (exact) mass is 604 g/mol. The number of benzene rings is 1. The van der Waals surface area contributed by atoms with Gasteiger partial charge in [-0.25, -0.2) is 4.79 Å². The largest absolute Gasteiger partial charge is 0.462 e. The first kappa shape index (κ1) is 32.8. The number of aryl methyl sites for hydroxylation is 1. The summed E-state index contributed by atoms with van der Waals surface area (Å²) in [6.07, 6.45) is 9.37. The van der Waals surface area contributed by atoms with Crippen molar-refractivity contribution in [2.45, 2.75) is 129 Å². The van der Waals surface area contributed by atoms with E-state index in [-0.39, 0.29) is 36.3 Å². The number of aliphatic hydroxyl groups excluding tert-OH is 1. The quantitative estimate of drug-likeness (QED) is 0.215. The zero-order valence-electron chi connectivity index (χ0n) is 27.2. The van der Waals surface area contributed by atoms with E-state index in [4.69, 9.17) is 9.47 Å². The van der Waals surface area contributed by atoms with Crippen LogP contribution in [0.3, 0.4) is 0 Å². The maximum atomic E-state index is 13.4. The highest BCUT2D eigenvalue weighted by Gasteiger charge is 2.74. The van der Waals surface area contributed by atoms with Gasteiger partial charge in [0.2, 0.25) is 0 Å². The molecule has 4 aliphatic rings. The molecule has 0 radical (unpaired) electrons. The molecule has 0 saturated heterocycles. The van der Waals surface area contributed by atoms with Gasteiger partial charge in [0.15, 0.2) is 0 Å². The molecule has 44 heavy (non-hydrogen) atoms. The third-order valence-corrected chi connectivity index (χ3v) is 11.6. The van der Waals surface area contributed by atoms with Crippen molar-refractivity contribution in [3.63, 3.8) is 0 Å². The second-order valence-corrected chi connectivity index (χ2v) is 15.1. The van der Waals surface area contributed by atoms with Crippen molar-refractivity contribution < 1.29 is 29.3 Å². The van der Waals surface area contributed by atoms with Crippen molar-refractivity contribution in [1.82, 2.24) is 0 Å². The summed E-state index contributed by atoms with van der Waals surface area (Å²) in [5.41, 5.74) is -1.25. The minimum absolute atomic E-state index is 0.230. The molecule has 0 spiro atoms. The van der Waals surface area contributed by atoms with E-state index in [0.717, 1.165) is 44.1 Å². The number of carbonyl (C=O) groups excluding carboxylic acids is 2. The van der Waals surface area contributed by atoms with Gasteiger partial charge in [-0.2, -0.15) is 0 Å². The highest BCUT2D eigenvalue weighted by atomic mass is 16.5. The lowest BCUT2D eigenvalue weighted by molar-refractivity contribution is -0.305. The number of fused-ring (bicyclic) bond motifs is 4. The van der Waals surface area contributed by atoms with Crippen LogP contribution in [0, 0.1) is 39.9 Å². The van der Waals surface area contributed by atoms with Crippen LogP contribution in [-0.4, -0.2) is 46.6 Å². The van der Waals surface area contributed by atoms with Crippen LogP contribution in [0.2, 0.25) is 0 Å². The molecule has 240 valence electrons. The van der Waals surface area contributed by atoms with Gasteiger partial charge in [0.05, 0.1) is 23.5 Å². The Bertz CT molecular complexity index is 1290. The van der Waals surface area contributed by atoms with Gasteiger partial charge in [0, 0.05) is 30.3 Å². The maximum Gasteiger partial charge on any atom is 0.331 e. The molecule has 5 rings (SSSR count). The van der Waals surface area contributed by atoms with Gasteiger partial charge in [-0.05, 0) is 74.3 Å². The van der Waals surface area contributed by atoms with E-state index in [9.17, 15) is 19.8 Å². The van der Waals surface area contributed by atoms with Crippen molar-refractivity contribution in [3.05, 3.63) is 47.5 Å². The lowest BCUT2D eigenvalue weighted by Crippen LogP contribution is -2.75. The van der Waals surface area contributed by atoms with Crippen molar-refractivity contribution in [2.75, 3.05) is 6.61 Å². The molecule has 6 nitrogen and oxygen atoms in total.